The van der Waals surface area contributed by atoms with Gasteiger partial charge in [-0.05, 0) is 32.3 Å². The van der Waals surface area contributed by atoms with Gasteiger partial charge in [-0.1, -0.05) is 18.2 Å². The molecule has 1 amide bonds. The molecule has 1 aliphatic rings. The van der Waals surface area contributed by atoms with Crippen molar-refractivity contribution in [2.24, 2.45) is 0 Å². The van der Waals surface area contributed by atoms with E-state index in [0.717, 1.165) is 47.8 Å². The van der Waals surface area contributed by atoms with Crippen LogP contribution in [0.2, 0.25) is 0 Å². The highest BCUT2D eigenvalue weighted by Gasteiger charge is 2.30. The molecule has 1 atom stereocenters. The van der Waals surface area contributed by atoms with Crippen molar-refractivity contribution in [2.75, 3.05) is 13.7 Å². The van der Waals surface area contributed by atoms with Crippen LogP contribution in [0.4, 0.5) is 0 Å². The molecule has 0 radical (unpaired) electrons. The summed E-state index contributed by atoms with van der Waals surface area (Å²) in [5, 5.41) is 3.13. The first-order valence-corrected chi connectivity index (χ1v) is 8.90. The fourth-order valence-electron chi connectivity index (χ4n) is 3.13. The number of thiazole rings is 1. The highest BCUT2D eigenvalue weighted by atomic mass is 32.1. The van der Waals surface area contributed by atoms with Crippen molar-refractivity contribution in [3.63, 3.8) is 0 Å². The number of methoxy groups -OCH3 is 1. The predicted molar refractivity (Wildman–Crippen MR) is 91.9 cm³/mol. The second-order valence-corrected chi connectivity index (χ2v) is 6.80. The number of carbonyl (C=O) groups excluding carboxylic acids is 1. The minimum absolute atomic E-state index is 0.129. The van der Waals surface area contributed by atoms with Gasteiger partial charge in [0, 0.05) is 23.2 Å². The molecule has 2 heterocycles. The number of aryl methyl sites for hydroxylation is 1. The summed E-state index contributed by atoms with van der Waals surface area (Å²) in [5.74, 6) is 0.937. The van der Waals surface area contributed by atoms with Crippen molar-refractivity contribution in [1.82, 2.24) is 9.88 Å². The quantitative estimate of drug-likeness (QED) is 0.857. The summed E-state index contributed by atoms with van der Waals surface area (Å²) in [6.07, 6.45) is 3.61. The monoisotopic (exact) mass is 330 g/mol. The summed E-state index contributed by atoms with van der Waals surface area (Å²) in [7, 11) is 1.64. The van der Waals surface area contributed by atoms with Gasteiger partial charge in [-0.25, -0.2) is 4.98 Å². The first-order chi connectivity index (χ1) is 11.2. The molecule has 5 heteroatoms. The van der Waals surface area contributed by atoms with Gasteiger partial charge in [0.15, 0.2) is 0 Å². The van der Waals surface area contributed by atoms with Crippen LogP contribution in [0.5, 0.6) is 5.75 Å². The van der Waals surface area contributed by atoms with Crippen LogP contribution in [0.15, 0.2) is 29.6 Å². The second kappa shape index (κ2) is 7.13. The number of piperidine rings is 1. The molecule has 2 aromatic rings. The van der Waals surface area contributed by atoms with Gasteiger partial charge in [0.1, 0.15) is 10.8 Å². The van der Waals surface area contributed by atoms with Gasteiger partial charge in [0.05, 0.1) is 19.6 Å². The summed E-state index contributed by atoms with van der Waals surface area (Å²) in [6, 6.07) is 7.87. The third-order valence-electron chi connectivity index (χ3n) is 4.28. The van der Waals surface area contributed by atoms with Crippen LogP contribution in [0.1, 0.15) is 41.6 Å². The third-order valence-corrected chi connectivity index (χ3v) is 5.34. The number of aromatic nitrogens is 1. The van der Waals surface area contributed by atoms with E-state index in [-0.39, 0.29) is 11.9 Å². The largest absolute Gasteiger partial charge is 0.496 e. The van der Waals surface area contributed by atoms with Gasteiger partial charge in [0.2, 0.25) is 5.91 Å². The molecule has 23 heavy (non-hydrogen) atoms. The number of nitrogens with zero attached hydrogens (tertiary/aromatic N) is 2. The third kappa shape index (κ3) is 3.55. The average Bonchev–Trinajstić information content (AvgIpc) is 3.01. The first-order valence-electron chi connectivity index (χ1n) is 8.02. The summed E-state index contributed by atoms with van der Waals surface area (Å²) in [5.41, 5.74) is 1.98. The van der Waals surface area contributed by atoms with Crippen LogP contribution in [0, 0.1) is 6.92 Å². The number of rotatable bonds is 4. The van der Waals surface area contributed by atoms with E-state index < -0.39 is 0 Å². The Morgan fingerprint density at radius 3 is 2.96 bits per heavy atom. The second-order valence-electron chi connectivity index (χ2n) is 5.91. The van der Waals surface area contributed by atoms with Gasteiger partial charge in [0.25, 0.3) is 0 Å². The number of carbonyl (C=O) groups is 1. The lowest BCUT2D eigenvalue weighted by Crippen LogP contribution is -2.39. The number of likely N-dealkylation sites (tertiary alicyclic amines) is 1. The van der Waals surface area contributed by atoms with Crippen LogP contribution in [0.25, 0.3) is 0 Å². The van der Waals surface area contributed by atoms with E-state index in [4.69, 9.17) is 4.74 Å². The topological polar surface area (TPSA) is 42.4 Å². The van der Waals surface area contributed by atoms with Crippen LogP contribution in [-0.4, -0.2) is 29.4 Å². The van der Waals surface area contributed by atoms with E-state index in [1.165, 1.54) is 0 Å². The first kappa shape index (κ1) is 16.0. The van der Waals surface area contributed by atoms with Crippen molar-refractivity contribution in [2.45, 2.75) is 38.6 Å². The smallest absolute Gasteiger partial charge is 0.227 e. The Hall–Kier alpha value is -1.88. The Balaban J connectivity index is 1.79. The van der Waals surface area contributed by atoms with Gasteiger partial charge in [-0.2, -0.15) is 0 Å². The minimum atomic E-state index is 0.129. The summed E-state index contributed by atoms with van der Waals surface area (Å²) < 4.78 is 5.37. The minimum Gasteiger partial charge on any atom is -0.496 e. The number of hydrogen-bond donors (Lipinski definition) is 0. The van der Waals surface area contributed by atoms with E-state index >= 15 is 0 Å². The van der Waals surface area contributed by atoms with E-state index in [1.54, 1.807) is 18.4 Å². The lowest BCUT2D eigenvalue weighted by Gasteiger charge is -2.34. The molecule has 1 aromatic carbocycles. The Kier molecular flexibility index (Phi) is 4.96. The maximum Gasteiger partial charge on any atom is 0.227 e. The lowest BCUT2D eigenvalue weighted by atomic mass is 10.0. The van der Waals surface area contributed by atoms with Gasteiger partial charge in [-0.3, -0.25) is 4.79 Å². The molecular formula is C18H22N2O2S. The molecule has 3 rings (SSSR count). The molecule has 0 bridgehead atoms. The SMILES string of the molecule is COc1ccccc1CC(=O)N1CCCCC1c1nc(C)cs1. The number of hydrogen-bond acceptors (Lipinski definition) is 4. The predicted octanol–water partition coefficient (Wildman–Crippen LogP) is 3.76. The van der Waals surface area contributed by atoms with Crippen molar-refractivity contribution < 1.29 is 9.53 Å². The molecule has 1 aromatic heterocycles. The molecule has 0 spiro atoms. The number of ether oxygens (including phenoxy) is 1. The van der Waals surface area contributed by atoms with E-state index in [1.807, 2.05) is 36.1 Å². The fraction of sp³-hybridized carbons (Fsp3) is 0.444. The number of para-hydroxylation sites is 1. The highest BCUT2D eigenvalue weighted by Crippen LogP contribution is 2.33. The van der Waals surface area contributed by atoms with E-state index in [0.29, 0.717) is 6.42 Å². The normalized spacial score (nSPS) is 18.0. The standard InChI is InChI=1S/C18H22N2O2S/c1-13-12-23-18(19-13)15-8-5-6-10-20(15)17(21)11-14-7-3-4-9-16(14)22-2/h3-4,7,9,12,15H,5-6,8,10-11H2,1-2H3. The molecule has 1 aliphatic heterocycles. The molecule has 4 nitrogen and oxygen atoms in total. The van der Waals surface area contributed by atoms with Crippen molar-refractivity contribution in [1.29, 1.82) is 0 Å². The number of benzene rings is 1. The van der Waals surface area contributed by atoms with Crippen molar-refractivity contribution in [3.8, 4) is 5.75 Å². The van der Waals surface area contributed by atoms with Crippen molar-refractivity contribution in [3.05, 3.63) is 45.9 Å². The molecule has 0 saturated carbocycles. The molecule has 1 unspecified atom stereocenters. The van der Waals surface area contributed by atoms with Crippen molar-refractivity contribution >= 4 is 17.2 Å². The zero-order valence-corrected chi connectivity index (χ0v) is 14.4. The lowest BCUT2D eigenvalue weighted by molar-refractivity contribution is -0.134. The highest BCUT2D eigenvalue weighted by molar-refractivity contribution is 7.09. The molecule has 1 saturated heterocycles. The van der Waals surface area contributed by atoms with Crippen LogP contribution in [0.3, 0.4) is 0 Å². The Labute approximate surface area is 141 Å². The average molecular weight is 330 g/mol. The van der Waals surface area contributed by atoms with E-state index in [9.17, 15) is 4.79 Å². The zero-order valence-electron chi connectivity index (χ0n) is 13.6. The molecule has 1 fully saturated rings. The maximum absolute atomic E-state index is 12.9. The van der Waals surface area contributed by atoms with Gasteiger partial charge >= 0.3 is 0 Å². The molecule has 122 valence electrons. The Morgan fingerprint density at radius 1 is 1.39 bits per heavy atom. The summed E-state index contributed by atoms with van der Waals surface area (Å²) in [6.45, 7) is 2.82. The van der Waals surface area contributed by atoms with E-state index in [2.05, 4.69) is 10.4 Å². The number of amides is 1. The summed E-state index contributed by atoms with van der Waals surface area (Å²) >= 11 is 1.66. The van der Waals surface area contributed by atoms with Gasteiger partial charge < -0.3 is 9.64 Å². The van der Waals surface area contributed by atoms with Crippen LogP contribution >= 0.6 is 11.3 Å². The molecule has 0 aliphatic carbocycles. The van der Waals surface area contributed by atoms with Crippen LogP contribution in [-0.2, 0) is 11.2 Å². The Bertz CT molecular complexity index is 683. The molecular weight excluding hydrogens is 308 g/mol. The fourth-order valence-corrected chi connectivity index (χ4v) is 4.07. The Morgan fingerprint density at radius 2 is 2.22 bits per heavy atom. The van der Waals surface area contributed by atoms with Crippen LogP contribution < -0.4 is 4.74 Å². The maximum atomic E-state index is 12.9. The summed E-state index contributed by atoms with van der Waals surface area (Å²) in [4.78, 5) is 19.5. The zero-order chi connectivity index (χ0) is 16.2. The molecule has 0 N–H and O–H groups in total. The van der Waals surface area contributed by atoms with Gasteiger partial charge in [-0.15, -0.1) is 11.3 Å².